The maximum atomic E-state index is 14.4. The monoisotopic (exact) mass is 1130 g/mol. The van der Waals surface area contributed by atoms with Crippen molar-refractivity contribution in [2.24, 2.45) is 50.9 Å². The number of carboxylic acid groups (broad SMARTS) is 1. The molecule has 2 rings (SSSR count). The molecule has 1 saturated heterocycles. The van der Waals surface area contributed by atoms with Gasteiger partial charge in [0.1, 0.15) is 41.9 Å². The number of aliphatic carboxylic acids is 1. The number of aliphatic imine (C=N–C) groups is 1. The van der Waals surface area contributed by atoms with Gasteiger partial charge in [0, 0.05) is 26.1 Å². The van der Waals surface area contributed by atoms with E-state index in [9.17, 15) is 53.4 Å². The quantitative estimate of drug-likeness (QED) is 0.0126. The molecule has 8 amide bonds. The van der Waals surface area contributed by atoms with Crippen molar-refractivity contribution in [2.45, 2.75) is 138 Å². The zero-order valence-electron chi connectivity index (χ0n) is 45.9. The van der Waals surface area contributed by atoms with Crippen molar-refractivity contribution in [2.75, 3.05) is 66.6 Å². The molecule has 80 heavy (non-hydrogen) atoms. The summed E-state index contributed by atoms with van der Waals surface area (Å²) in [6.07, 6.45) is 2.73. The SMILES string of the molecule is COc1ccc(C[C@H](NC(=O)[C@@H]2CCCN2C(=O)[C@@H](CCCN)NC(=O)CNC(=O)[C@H](CCCN)NC(=O)[C@@H](NC(=O)[C@@H](N)CCCCN)[C@@H](O)CN)C(=O)N[C@@H](CCCCN)C(=O)N/C(=C\CCN=C(N)N)C(=O)O)cc1OC. The Hall–Kier alpha value is -7.22. The summed E-state index contributed by atoms with van der Waals surface area (Å²) in [5.41, 5.74) is 45.1. The van der Waals surface area contributed by atoms with E-state index < -0.39 is 120 Å². The third-order valence-electron chi connectivity index (χ3n) is 12.8. The number of hydrogen-bond acceptors (Lipinski definition) is 19. The van der Waals surface area contributed by atoms with Gasteiger partial charge in [0.15, 0.2) is 17.5 Å². The molecule has 0 aliphatic carbocycles. The highest BCUT2D eigenvalue weighted by molar-refractivity contribution is 5.99. The summed E-state index contributed by atoms with van der Waals surface area (Å²) < 4.78 is 10.8. The summed E-state index contributed by atoms with van der Waals surface area (Å²) in [7, 11) is 2.85. The predicted molar refractivity (Wildman–Crippen MR) is 295 cm³/mol. The summed E-state index contributed by atoms with van der Waals surface area (Å²) in [6.45, 7) is -0.132. The molecule has 1 aliphatic rings. The largest absolute Gasteiger partial charge is 0.493 e. The molecule has 1 aromatic rings. The Morgan fingerprint density at radius 3 is 1.91 bits per heavy atom. The van der Waals surface area contributed by atoms with E-state index in [0.717, 1.165) is 0 Å². The molecule has 0 bridgehead atoms. The van der Waals surface area contributed by atoms with Gasteiger partial charge in [-0.25, -0.2) is 4.79 Å². The third-order valence-corrected chi connectivity index (χ3v) is 12.8. The van der Waals surface area contributed by atoms with Gasteiger partial charge in [-0.3, -0.25) is 43.3 Å². The van der Waals surface area contributed by atoms with E-state index in [-0.39, 0.29) is 96.5 Å². The van der Waals surface area contributed by atoms with Crippen molar-refractivity contribution in [3.8, 4) is 11.5 Å². The van der Waals surface area contributed by atoms with E-state index in [1.165, 1.54) is 25.2 Å². The van der Waals surface area contributed by atoms with Gasteiger partial charge < -0.3 is 108 Å². The van der Waals surface area contributed by atoms with Crippen molar-refractivity contribution in [3.63, 3.8) is 0 Å². The second-order valence-corrected chi connectivity index (χ2v) is 18.9. The number of amides is 8. The first-order chi connectivity index (χ1) is 38.2. The lowest BCUT2D eigenvalue weighted by molar-refractivity contribution is -0.142. The number of ether oxygens (including phenoxy) is 2. The van der Waals surface area contributed by atoms with Crippen LogP contribution in [-0.2, 0) is 49.6 Å². The molecule has 450 valence electrons. The number of nitrogens with two attached hydrogens (primary N) is 8. The summed E-state index contributed by atoms with van der Waals surface area (Å²) in [5.74, 6) is -7.46. The van der Waals surface area contributed by atoms with E-state index >= 15 is 0 Å². The zero-order valence-corrected chi connectivity index (χ0v) is 45.9. The molecule has 1 aliphatic heterocycles. The Labute approximate surface area is 465 Å². The maximum absolute atomic E-state index is 14.4. The van der Waals surface area contributed by atoms with Gasteiger partial charge in [0.2, 0.25) is 47.3 Å². The smallest absolute Gasteiger partial charge is 0.352 e. The number of carboxylic acids is 1. The average molecular weight is 1130 g/mol. The van der Waals surface area contributed by atoms with Crippen LogP contribution in [0.3, 0.4) is 0 Å². The molecule has 0 unspecified atom stereocenters. The number of nitrogens with zero attached hydrogens (tertiary/aromatic N) is 2. The Morgan fingerprint density at radius 2 is 1.31 bits per heavy atom. The minimum atomic E-state index is -1.60. The lowest BCUT2D eigenvalue weighted by Crippen LogP contribution is -2.61. The fourth-order valence-corrected chi connectivity index (χ4v) is 8.41. The minimum absolute atomic E-state index is 0.0138. The number of methoxy groups -OCH3 is 2. The maximum Gasteiger partial charge on any atom is 0.352 e. The highest BCUT2D eigenvalue weighted by Gasteiger charge is 2.40. The molecule has 1 aromatic carbocycles. The molecule has 0 aromatic heterocycles. The number of aliphatic hydroxyl groups is 1. The number of unbranched alkanes of at least 4 members (excludes halogenated alkanes) is 2. The molecular weight excluding hydrogens is 1050 g/mol. The van der Waals surface area contributed by atoms with E-state index in [2.05, 4.69) is 42.2 Å². The molecule has 0 saturated carbocycles. The molecule has 1 fully saturated rings. The van der Waals surface area contributed by atoms with E-state index in [1.54, 1.807) is 18.2 Å². The van der Waals surface area contributed by atoms with Crippen LogP contribution in [0.4, 0.5) is 0 Å². The highest BCUT2D eigenvalue weighted by Crippen LogP contribution is 2.28. The minimum Gasteiger partial charge on any atom is -0.493 e. The fraction of sp³-hybridized carbons (Fsp3) is 0.640. The van der Waals surface area contributed by atoms with Crippen LogP contribution in [0.2, 0.25) is 0 Å². The van der Waals surface area contributed by atoms with Gasteiger partial charge in [-0.05, 0) is 121 Å². The summed E-state index contributed by atoms with van der Waals surface area (Å²) in [6, 6.07) is -4.24. The molecule has 30 heteroatoms. The van der Waals surface area contributed by atoms with Gasteiger partial charge in [0.25, 0.3) is 0 Å². The van der Waals surface area contributed by atoms with E-state index in [0.29, 0.717) is 55.7 Å². The van der Waals surface area contributed by atoms with Crippen LogP contribution in [0.1, 0.15) is 89.0 Å². The van der Waals surface area contributed by atoms with Gasteiger partial charge in [0.05, 0.1) is 32.9 Å². The first-order valence-electron chi connectivity index (χ1n) is 26.7. The van der Waals surface area contributed by atoms with Gasteiger partial charge in [-0.1, -0.05) is 18.6 Å². The van der Waals surface area contributed by atoms with Crippen LogP contribution in [-0.4, -0.2) is 189 Å². The number of nitrogens with one attached hydrogen (secondary N) is 7. The first-order valence-corrected chi connectivity index (χ1v) is 26.7. The molecule has 30 nitrogen and oxygen atoms in total. The Kier molecular flexibility index (Phi) is 32.4. The number of rotatable bonds is 39. The summed E-state index contributed by atoms with van der Waals surface area (Å²) in [4.78, 5) is 128. The Morgan fingerprint density at radius 1 is 0.713 bits per heavy atom. The van der Waals surface area contributed by atoms with Crippen molar-refractivity contribution >= 4 is 59.2 Å². The van der Waals surface area contributed by atoms with Gasteiger partial charge in [-0.2, -0.15) is 0 Å². The van der Waals surface area contributed by atoms with Crippen molar-refractivity contribution in [1.29, 1.82) is 0 Å². The van der Waals surface area contributed by atoms with Crippen LogP contribution in [0.15, 0.2) is 35.0 Å². The molecular formula is C50H87N17O13. The summed E-state index contributed by atoms with van der Waals surface area (Å²) >= 11 is 0. The van der Waals surface area contributed by atoms with Crippen LogP contribution in [0.5, 0.6) is 11.5 Å². The predicted octanol–water partition coefficient (Wildman–Crippen LogP) is -6.09. The van der Waals surface area contributed by atoms with Crippen molar-refractivity contribution < 1.29 is 62.8 Å². The summed E-state index contributed by atoms with van der Waals surface area (Å²) in [5, 5.41) is 38.2. The Bertz CT molecular complexity index is 2250. The topological polar surface area (TPSA) is 521 Å². The molecule has 0 spiro atoms. The fourth-order valence-electron chi connectivity index (χ4n) is 8.41. The van der Waals surface area contributed by atoms with Crippen molar-refractivity contribution in [3.05, 3.63) is 35.5 Å². The second-order valence-electron chi connectivity index (χ2n) is 18.9. The normalized spacial score (nSPS) is 15.8. The van der Waals surface area contributed by atoms with E-state index in [1.807, 2.05) is 0 Å². The van der Waals surface area contributed by atoms with Gasteiger partial charge in [-0.15, -0.1) is 0 Å². The number of carbonyl (C=O) groups is 9. The Balaban J connectivity index is 2.38. The number of guanidine groups is 1. The van der Waals surface area contributed by atoms with Crippen LogP contribution in [0, 0.1) is 0 Å². The van der Waals surface area contributed by atoms with Crippen molar-refractivity contribution in [1.82, 2.24) is 42.1 Å². The average Bonchev–Trinajstić information content (AvgIpc) is 3.98. The zero-order chi connectivity index (χ0) is 59.7. The van der Waals surface area contributed by atoms with Crippen LogP contribution < -0.4 is 92.6 Å². The number of likely N-dealkylation sites (tertiary alicyclic amines) is 1. The van der Waals surface area contributed by atoms with Gasteiger partial charge >= 0.3 is 5.97 Å². The standard InChI is InChI=1S/C50H87N17O13/c1-79-38-18-17-29(26-39(38)80-2)25-35(45(73)62-32(12-4-6-20-52)44(72)64-34(49(77)78)15-9-23-59-50(57)58)65-46(74)36-16-10-24-67(36)48(76)33(14-8-22-54)61-40(69)28-60-43(71)31(13-7-21-53)63-47(75)41(37(68)27-55)66-42(70)30(56)11-3-5-19-51/h15,17-18,26,30-33,35-37,41,68H,3-14,16,19-25,27-28,51-56H2,1-2H3,(H,60,71)(H,61,69)(H,62,73)(H,63,75)(H,64,72)(H,65,74)(H,66,70)(H,77,78)(H4,57,58,59)/b34-15-/t30-,31-,32-,33+,35-,36-,37-,41-/m0/s1. The number of hydrogen-bond donors (Lipinski definition) is 17. The molecule has 0 radical (unpaired) electrons. The lowest BCUT2D eigenvalue weighted by Gasteiger charge is -2.30. The van der Waals surface area contributed by atoms with Crippen LogP contribution in [0.25, 0.3) is 0 Å². The highest BCUT2D eigenvalue weighted by atomic mass is 16.5. The molecule has 25 N–H and O–H groups in total. The van der Waals surface area contributed by atoms with Crippen LogP contribution >= 0.6 is 0 Å². The number of benzene rings is 1. The van der Waals surface area contributed by atoms with E-state index in [4.69, 9.17) is 55.3 Å². The lowest BCUT2D eigenvalue weighted by atomic mass is 10.0. The number of aliphatic hydroxyl groups excluding tert-OH is 1. The third kappa shape index (κ3) is 24.0. The molecule has 8 atom stereocenters. The first kappa shape index (κ1) is 68.9. The number of carbonyl (C=O) groups excluding carboxylic acids is 8. The second kappa shape index (κ2) is 37.6. The molecule has 1 heterocycles.